The molecule has 0 saturated carbocycles. The zero-order valence-electron chi connectivity index (χ0n) is 27.5. The Bertz CT molecular complexity index is 1180. The van der Waals surface area contributed by atoms with Gasteiger partial charge in [0, 0.05) is 0 Å². The highest BCUT2D eigenvalue weighted by Gasteiger charge is 2.21. The third-order valence-corrected chi connectivity index (χ3v) is 6.65. The molecule has 2 aromatic carbocycles. The first kappa shape index (κ1) is 39.2. The second kappa shape index (κ2) is 23.4. The monoisotopic (exact) mass is 682 g/mol. The highest BCUT2D eigenvalue weighted by molar-refractivity contribution is 5.93. The molecular weight excluding hydrogens is 640 g/mol. The Hall–Kier alpha value is -4.96. The molecule has 48 heavy (non-hydrogen) atoms. The number of carbonyl (C=O) groups excluding carboxylic acids is 4. The molecule has 0 fully saturated rings. The fourth-order valence-corrected chi connectivity index (χ4v) is 4.31. The van der Waals surface area contributed by atoms with Crippen LogP contribution >= 0.6 is 0 Å². The highest BCUT2D eigenvalue weighted by Crippen LogP contribution is 2.32. The van der Waals surface area contributed by atoms with Gasteiger partial charge in [0.2, 0.25) is 0 Å². The van der Waals surface area contributed by atoms with Crippen LogP contribution in [-0.4, -0.2) is 65.9 Å². The molecule has 0 bridgehead atoms. The van der Waals surface area contributed by atoms with Crippen LogP contribution in [0.4, 0.5) is 9.59 Å². The summed E-state index contributed by atoms with van der Waals surface area (Å²) in [5.41, 5.74) is 0.0314. The third-order valence-electron chi connectivity index (χ3n) is 6.65. The average molecular weight is 683 g/mol. The number of benzene rings is 2. The van der Waals surface area contributed by atoms with Crippen molar-refractivity contribution in [1.29, 1.82) is 0 Å². The van der Waals surface area contributed by atoms with Crippen molar-refractivity contribution in [2.75, 3.05) is 41.7 Å². The van der Waals surface area contributed by atoms with E-state index in [0.29, 0.717) is 24.3 Å². The van der Waals surface area contributed by atoms with Crippen LogP contribution in [0.5, 0.6) is 23.0 Å². The summed E-state index contributed by atoms with van der Waals surface area (Å²) in [7, 11) is 5.57. The van der Waals surface area contributed by atoms with Gasteiger partial charge < -0.3 is 28.4 Å². The molecule has 0 saturated heterocycles. The molecule has 0 radical (unpaired) electrons. The fourth-order valence-electron chi connectivity index (χ4n) is 4.31. The van der Waals surface area contributed by atoms with Gasteiger partial charge in [0.05, 0.1) is 51.7 Å². The predicted molar refractivity (Wildman–Crippen MR) is 163 cm³/mol. The minimum Gasteiger partial charge on any atom is -0.493 e. The smallest absolute Gasteiger partial charge is 0.493 e. The highest BCUT2D eigenvalue weighted by atomic mass is 17.5. The van der Waals surface area contributed by atoms with Gasteiger partial charge in [0.25, 0.3) is 0 Å². The first-order valence-electron chi connectivity index (χ1n) is 15.2. The third kappa shape index (κ3) is 14.2. The van der Waals surface area contributed by atoms with Crippen LogP contribution in [0, 0.1) is 0 Å². The van der Waals surface area contributed by atoms with Crippen LogP contribution in [0.15, 0.2) is 36.4 Å². The molecule has 2 aromatic rings. The molecule has 0 amide bonds. The molecule has 0 unspecified atom stereocenters. The summed E-state index contributed by atoms with van der Waals surface area (Å²) in [5.74, 6) is -0.985. The number of rotatable bonds is 23. The van der Waals surface area contributed by atoms with Crippen LogP contribution < -0.4 is 18.9 Å². The molecule has 0 aliphatic rings. The fraction of sp³-hybridized carbons (Fsp3) is 0.500. The molecule has 0 aliphatic carbocycles. The Morgan fingerprint density at radius 3 is 1.15 bits per heavy atom. The van der Waals surface area contributed by atoms with Gasteiger partial charge in [0.15, 0.2) is 23.0 Å². The number of methoxy groups -OCH3 is 4. The van der Waals surface area contributed by atoms with E-state index < -0.39 is 24.2 Å². The first-order valence-corrected chi connectivity index (χ1v) is 15.2. The number of ether oxygens (including phenoxy) is 6. The molecule has 0 aromatic heterocycles. The Balaban J connectivity index is 1.38. The van der Waals surface area contributed by atoms with Crippen LogP contribution in [0.2, 0.25) is 0 Å². The lowest BCUT2D eigenvalue weighted by Gasteiger charge is -2.10. The molecular formula is C32H42O16. The second-order valence-corrected chi connectivity index (χ2v) is 9.86. The number of hydrogen-bond acceptors (Lipinski definition) is 16. The zero-order chi connectivity index (χ0) is 35.0. The van der Waals surface area contributed by atoms with E-state index in [0.717, 1.165) is 51.4 Å². The van der Waals surface area contributed by atoms with E-state index in [1.165, 1.54) is 40.6 Å². The molecule has 0 heterocycles. The Morgan fingerprint density at radius 2 is 0.812 bits per heavy atom. The predicted octanol–water partition coefficient (Wildman–Crippen LogP) is 6.64. The lowest BCUT2D eigenvalue weighted by Crippen LogP contribution is -2.13. The van der Waals surface area contributed by atoms with Crippen LogP contribution in [0.1, 0.15) is 84.9 Å². The Kier molecular flexibility index (Phi) is 19.1. The van der Waals surface area contributed by atoms with Crippen molar-refractivity contribution in [2.24, 2.45) is 0 Å². The molecule has 16 heteroatoms. The normalized spacial score (nSPS) is 10.3. The van der Waals surface area contributed by atoms with Crippen LogP contribution in [-0.2, 0) is 39.1 Å². The first-order chi connectivity index (χ1) is 23.4. The maximum atomic E-state index is 12.1. The van der Waals surface area contributed by atoms with E-state index in [2.05, 4.69) is 29.6 Å². The Morgan fingerprint density at radius 1 is 0.458 bits per heavy atom. The largest absolute Gasteiger partial charge is 0.543 e. The molecule has 2 rings (SSSR count). The lowest BCUT2D eigenvalue weighted by atomic mass is 10.1. The van der Waals surface area contributed by atoms with Crippen molar-refractivity contribution in [3.05, 3.63) is 47.5 Å². The lowest BCUT2D eigenvalue weighted by molar-refractivity contribution is -0.452. The van der Waals surface area contributed by atoms with Crippen molar-refractivity contribution < 1.29 is 77.2 Å². The molecule has 0 N–H and O–H groups in total. The number of hydrogen-bond donors (Lipinski definition) is 0. The van der Waals surface area contributed by atoms with Gasteiger partial charge in [0.1, 0.15) is 11.1 Å². The van der Waals surface area contributed by atoms with Crippen molar-refractivity contribution in [1.82, 2.24) is 0 Å². The van der Waals surface area contributed by atoms with E-state index in [4.69, 9.17) is 28.4 Å². The van der Waals surface area contributed by atoms with Gasteiger partial charge in [-0.3, -0.25) is 9.78 Å². The topological polar surface area (TPSA) is 179 Å². The number of unbranched alkanes of at least 4 members (excludes halogenated alkanes) is 9. The van der Waals surface area contributed by atoms with E-state index in [1.807, 2.05) is 0 Å². The average Bonchev–Trinajstić information content (AvgIpc) is 3.10. The van der Waals surface area contributed by atoms with E-state index >= 15 is 0 Å². The van der Waals surface area contributed by atoms with Crippen molar-refractivity contribution >= 4 is 24.2 Å². The number of para-hydroxylation sites is 2. The summed E-state index contributed by atoms with van der Waals surface area (Å²) in [6, 6.07) is 9.17. The summed E-state index contributed by atoms with van der Waals surface area (Å²) in [6.07, 6.45) is 6.93. The van der Waals surface area contributed by atoms with Gasteiger partial charge in [-0.25, -0.2) is 29.0 Å². The zero-order valence-corrected chi connectivity index (χ0v) is 27.5. The van der Waals surface area contributed by atoms with Gasteiger partial charge in [-0.2, -0.15) is 0 Å². The second-order valence-electron chi connectivity index (χ2n) is 9.86. The molecule has 266 valence electrons. The van der Waals surface area contributed by atoms with E-state index in [1.54, 1.807) is 24.3 Å². The number of carbonyl (C=O) groups is 4. The maximum absolute atomic E-state index is 12.1. The van der Waals surface area contributed by atoms with Gasteiger partial charge >= 0.3 is 24.2 Å². The summed E-state index contributed by atoms with van der Waals surface area (Å²) < 4.78 is 30.2. The quantitative estimate of drug-likeness (QED) is 0.0526. The van der Waals surface area contributed by atoms with Gasteiger partial charge in [-0.05, 0) is 37.1 Å². The summed E-state index contributed by atoms with van der Waals surface area (Å²) in [4.78, 5) is 65.0. The van der Waals surface area contributed by atoms with E-state index in [9.17, 15) is 19.2 Å². The summed E-state index contributed by atoms with van der Waals surface area (Å²) in [5, 5.41) is 8.46. The summed E-state index contributed by atoms with van der Waals surface area (Å²) >= 11 is 0. The molecule has 0 spiro atoms. The van der Waals surface area contributed by atoms with Crippen LogP contribution in [0.25, 0.3) is 0 Å². The SMILES string of the molecule is COc1cccc(C(=O)OOOC(=O)OCCCCCCCCCCCCOC(=O)OOOC(=O)c2cccc(OC)c2OC)c1OC. The van der Waals surface area contributed by atoms with Crippen molar-refractivity contribution in [3.8, 4) is 23.0 Å². The van der Waals surface area contributed by atoms with Gasteiger partial charge in [-0.15, -0.1) is 0 Å². The minimum absolute atomic E-state index is 0.0157. The van der Waals surface area contributed by atoms with Crippen molar-refractivity contribution in [2.45, 2.75) is 64.2 Å². The molecule has 16 nitrogen and oxygen atoms in total. The molecule has 0 aliphatic heterocycles. The van der Waals surface area contributed by atoms with E-state index in [-0.39, 0.29) is 35.8 Å². The van der Waals surface area contributed by atoms with Crippen molar-refractivity contribution in [3.63, 3.8) is 0 Å². The molecule has 0 atom stereocenters. The van der Waals surface area contributed by atoms with Crippen LogP contribution in [0.3, 0.4) is 0 Å². The maximum Gasteiger partial charge on any atom is 0.543 e. The standard InChI is InChI=1S/C32H42O16/c1-37-25-19-15-17-23(27(25)39-3)29(33)43-47-45-31(35)41-21-13-11-9-7-5-6-8-10-12-14-22-42-32(36)46-48-44-30(34)24-18-16-20-26(38-2)28(24)40-4/h15-20H,5-14,21-22H2,1-4H3. The van der Waals surface area contributed by atoms with Gasteiger partial charge in [-0.1, -0.05) is 63.5 Å². The Labute approximate surface area is 278 Å². The summed E-state index contributed by atoms with van der Waals surface area (Å²) in [6.45, 7) is 0.261. The minimum atomic E-state index is -1.14.